The molecule has 1 unspecified atom stereocenters. The first-order chi connectivity index (χ1) is 5.31. The van der Waals surface area contributed by atoms with Gasteiger partial charge < -0.3 is 4.74 Å². The Balaban J connectivity index is 3.08. The molecule has 0 saturated carbocycles. The van der Waals surface area contributed by atoms with Gasteiger partial charge in [0.2, 0.25) is 0 Å². The highest BCUT2D eigenvalue weighted by Crippen LogP contribution is 2.05. The van der Waals surface area contributed by atoms with Gasteiger partial charge in [-0.25, -0.2) is 0 Å². The molecule has 1 atom stereocenters. The van der Waals surface area contributed by atoms with E-state index in [2.05, 4.69) is 20.4 Å². The van der Waals surface area contributed by atoms with E-state index in [1.165, 1.54) is 25.7 Å². The molecule has 1 nitrogen and oxygen atoms in total. The standard InChI is InChI=1S/C10H20O/c1-4-6-7-8-10(3)11-9-5-2/h5,10H,2,4,6-9H2,1,3H3. The predicted octanol–water partition coefficient (Wildman–Crippen LogP) is 3.16. The monoisotopic (exact) mass is 156 g/mol. The molecule has 0 spiro atoms. The Morgan fingerprint density at radius 1 is 1.45 bits per heavy atom. The molecule has 0 aromatic carbocycles. The zero-order valence-electron chi connectivity index (χ0n) is 7.81. The quantitative estimate of drug-likeness (QED) is 0.406. The number of ether oxygens (including phenoxy) is 1. The van der Waals surface area contributed by atoms with Gasteiger partial charge in [-0.15, -0.1) is 6.58 Å². The number of hydrogen-bond donors (Lipinski definition) is 0. The number of unbranched alkanes of at least 4 members (excludes halogenated alkanes) is 2. The third-order valence-electron chi connectivity index (χ3n) is 1.71. The molecule has 0 fully saturated rings. The molecule has 0 radical (unpaired) electrons. The predicted molar refractivity (Wildman–Crippen MR) is 49.8 cm³/mol. The molecule has 0 aliphatic rings. The lowest BCUT2D eigenvalue weighted by atomic mass is 10.1. The molecule has 66 valence electrons. The first-order valence-electron chi connectivity index (χ1n) is 4.53. The average molecular weight is 156 g/mol. The molecule has 0 rings (SSSR count). The summed E-state index contributed by atoms with van der Waals surface area (Å²) in [6.45, 7) is 8.63. The van der Waals surface area contributed by atoms with Crippen molar-refractivity contribution in [3.05, 3.63) is 12.7 Å². The molecular weight excluding hydrogens is 136 g/mol. The zero-order valence-corrected chi connectivity index (χ0v) is 7.81. The maximum absolute atomic E-state index is 5.42. The molecule has 0 saturated heterocycles. The highest BCUT2D eigenvalue weighted by atomic mass is 16.5. The van der Waals surface area contributed by atoms with Crippen molar-refractivity contribution in [2.24, 2.45) is 0 Å². The Morgan fingerprint density at radius 3 is 2.73 bits per heavy atom. The van der Waals surface area contributed by atoms with Gasteiger partial charge in [-0.2, -0.15) is 0 Å². The van der Waals surface area contributed by atoms with Crippen molar-refractivity contribution in [2.75, 3.05) is 6.61 Å². The summed E-state index contributed by atoms with van der Waals surface area (Å²) in [5.74, 6) is 0. The SMILES string of the molecule is C=CCOC(C)CCCCC. The molecule has 0 heterocycles. The summed E-state index contributed by atoms with van der Waals surface area (Å²) in [6.07, 6.45) is 7.28. The molecule has 0 aromatic rings. The first-order valence-corrected chi connectivity index (χ1v) is 4.53. The Hall–Kier alpha value is -0.300. The number of rotatable bonds is 7. The van der Waals surface area contributed by atoms with Crippen molar-refractivity contribution in [3.63, 3.8) is 0 Å². The zero-order chi connectivity index (χ0) is 8.53. The van der Waals surface area contributed by atoms with Crippen molar-refractivity contribution >= 4 is 0 Å². The van der Waals surface area contributed by atoms with Gasteiger partial charge in [-0.1, -0.05) is 32.3 Å². The van der Waals surface area contributed by atoms with Crippen LogP contribution >= 0.6 is 0 Å². The Kier molecular flexibility index (Phi) is 7.59. The lowest BCUT2D eigenvalue weighted by Gasteiger charge is -2.10. The third-order valence-corrected chi connectivity index (χ3v) is 1.71. The van der Waals surface area contributed by atoms with Crippen LogP contribution in [0.1, 0.15) is 39.5 Å². The summed E-state index contributed by atoms with van der Waals surface area (Å²) in [7, 11) is 0. The number of hydrogen-bond acceptors (Lipinski definition) is 1. The van der Waals surface area contributed by atoms with Crippen LogP contribution in [0.3, 0.4) is 0 Å². The minimum Gasteiger partial charge on any atom is -0.374 e. The van der Waals surface area contributed by atoms with Crippen LogP contribution in [0, 0.1) is 0 Å². The van der Waals surface area contributed by atoms with Gasteiger partial charge in [0.05, 0.1) is 12.7 Å². The van der Waals surface area contributed by atoms with E-state index in [0.29, 0.717) is 12.7 Å². The van der Waals surface area contributed by atoms with Gasteiger partial charge in [0.15, 0.2) is 0 Å². The molecule has 0 aliphatic carbocycles. The fourth-order valence-electron chi connectivity index (χ4n) is 0.997. The molecular formula is C10H20O. The van der Waals surface area contributed by atoms with Gasteiger partial charge in [0.1, 0.15) is 0 Å². The van der Waals surface area contributed by atoms with E-state index in [1.807, 2.05) is 0 Å². The van der Waals surface area contributed by atoms with Crippen LogP contribution in [0.2, 0.25) is 0 Å². The van der Waals surface area contributed by atoms with Gasteiger partial charge in [-0.3, -0.25) is 0 Å². The molecule has 11 heavy (non-hydrogen) atoms. The third kappa shape index (κ3) is 7.60. The topological polar surface area (TPSA) is 9.23 Å². The molecule has 0 aromatic heterocycles. The summed E-state index contributed by atoms with van der Waals surface area (Å²) in [5, 5.41) is 0. The maximum Gasteiger partial charge on any atom is 0.0648 e. The average Bonchev–Trinajstić information content (AvgIpc) is 2.01. The Labute approximate surface area is 70.4 Å². The molecule has 0 N–H and O–H groups in total. The lowest BCUT2D eigenvalue weighted by molar-refractivity contribution is 0.0800. The van der Waals surface area contributed by atoms with Crippen LogP contribution in [0.25, 0.3) is 0 Å². The van der Waals surface area contributed by atoms with Crippen LogP contribution in [0.15, 0.2) is 12.7 Å². The molecule has 0 amide bonds. The second-order valence-electron chi connectivity index (χ2n) is 2.93. The summed E-state index contributed by atoms with van der Waals surface area (Å²) in [5.41, 5.74) is 0. The fraction of sp³-hybridized carbons (Fsp3) is 0.800. The Morgan fingerprint density at radius 2 is 2.18 bits per heavy atom. The van der Waals surface area contributed by atoms with Gasteiger partial charge in [0, 0.05) is 0 Å². The van der Waals surface area contributed by atoms with Crippen molar-refractivity contribution in [2.45, 2.75) is 45.6 Å². The van der Waals surface area contributed by atoms with Crippen LogP contribution in [0.4, 0.5) is 0 Å². The summed E-state index contributed by atoms with van der Waals surface area (Å²) in [4.78, 5) is 0. The molecule has 0 aliphatic heterocycles. The minimum absolute atomic E-state index is 0.402. The van der Waals surface area contributed by atoms with Crippen LogP contribution in [-0.4, -0.2) is 12.7 Å². The van der Waals surface area contributed by atoms with Crippen LogP contribution < -0.4 is 0 Å². The van der Waals surface area contributed by atoms with E-state index in [4.69, 9.17) is 4.74 Å². The minimum atomic E-state index is 0.402. The van der Waals surface area contributed by atoms with Crippen LogP contribution in [-0.2, 0) is 4.74 Å². The van der Waals surface area contributed by atoms with Crippen molar-refractivity contribution in [1.29, 1.82) is 0 Å². The van der Waals surface area contributed by atoms with Crippen LogP contribution in [0.5, 0.6) is 0 Å². The van der Waals surface area contributed by atoms with E-state index in [1.54, 1.807) is 6.08 Å². The van der Waals surface area contributed by atoms with E-state index < -0.39 is 0 Å². The summed E-state index contributed by atoms with van der Waals surface area (Å²) >= 11 is 0. The van der Waals surface area contributed by atoms with Crippen molar-refractivity contribution < 1.29 is 4.74 Å². The largest absolute Gasteiger partial charge is 0.374 e. The maximum atomic E-state index is 5.42. The highest BCUT2D eigenvalue weighted by Gasteiger charge is 1.98. The van der Waals surface area contributed by atoms with E-state index in [-0.39, 0.29) is 0 Å². The smallest absolute Gasteiger partial charge is 0.0648 e. The van der Waals surface area contributed by atoms with E-state index in [9.17, 15) is 0 Å². The fourth-order valence-corrected chi connectivity index (χ4v) is 0.997. The molecule has 1 heteroatoms. The van der Waals surface area contributed by atoms with Gasteiger partial charge in [0.25, 0.3) is 0 Å². The lowest BCUT2D eigenvalue weighted by Crippen LogP contribution is -2.07. The van der Waals surface area contributed by atoms with Crippen molar-refractivity contribution in [1.82, 2.24) is 0 Å². The van der Waals surface area contributed by atoms with Gasteiger partial charge in [-0.05, 0) is 13.3 Å². The molecule has 0 bridgehead atoms. The normalized spacial score (nSPS) is 12.9. The van der Waals surface area contributed by atoms with E-state index >= 15 is 0 Å². The Bertz CT molecular complexity index is 88.9. The van der Waals surface area contributed by atoms with E-state index in [0.717, 1.165) is 0 Å². The second kappa shape index (κ2) is 7.80. The first kappa shape index (κ1) is 10.7. The highest BCUT2D eigenvalue weighted by molar-refractivity contribution is 4.65. The summed E-state index contributed by atoms with van der Waals surface area (Å²) < 4.78 is 5.42. The summed E-state index contributed by atoms with van der Waals surface area (Å²) in [6, 6.07) is 0. The van der Waals surface area contributed by atoms with Gasteiger partial charge >= 0.3 is 0 Å². The second-order valence-corrected chi connectivity index (χ2v) is 2.93. The van der Waals surface area contributed by atoms with Crippen molar-refractivity contribution in [3.8, 4) is 0 Å².